The van der Waals surface area contributed by atoms with Crippen LogP contribution in [-0.2, 0) is 14.3 Å². The topological polar surface area (TPSA) is 86.0 Å². The molecule has 25 heavy (non-hydrogen) atoms. The Morgan fingerprint density at radius 1 is 1.20 bits per heavy atom. The summed E-state index contributed by atoms with van der Waals surface area (Å²) in [6.45, 7) is 2.66. The first-order chi connectivity index (χ1) is 12.1. The normalized spacial score (nSPS) is 10.6. The molecule has 0 aliphatic heterocycles. The van der Waals surface area contributed by atoms with Gasteiger partial charge in [-0.3, -0.25) is 9.59 Å². The molecule has 0 bridgehead atoms. The van der Waals surface area contributed by atoms with Gasteiger partial charge < -0.3 is 18.8 Å². The van der Waals surface area contributed by atoms with Crippen molar-refractivity contribution in [2.75, 3.05) is 33.4 Å². The molecular formula is C18H21NO6. The van der Waals surface area contributed by atoms with E-state index in [0.717, 1.165) is 0 Å². The molecule has 1 heterocycles. The third-order valence-corrected chi connectivity index (χ3v) is 3.62. The molecule has 0 N–H and O–H groups in total. The number of amides is 1. The molecule has 0 aliphatic carbocycles. The highest BCUT2D eigenvalue weighted by Crippen LogP contribution is 2.14. The highest BCUT2D eigenvalue weighted by Gasteiger charge is 2.21. The minimum absolute atomic E-state index is 0.0439. The van der Waals surface area contributed by atoms with E-state index in [2.05, 4.69) is 0 Å². The molecule has 2 rings (SSSR count). The quantitative estimate of drug-likeness (QED) is 0.535. The third-order valence-electron chi connectivity index (χ3n) is 3.62. The van der Waals surface area contributed by atoms with Gasteiger partial charge in [0.1, 0.15) is 11.1 Å². The van der Waals surface area contributed by atoms with Gasteiger partial charge in [0.05, 0.1) is 19.6 Å². The van der Waals surface area contributed by atoms with E-state index in [1.807, 2.05) is 0 Å². The van der Waals surface area contributed by atoms with Crippen LogP contribution in [0.2, 0.25) is 0 Å². The molecule has 7 heteroatoms. The van der Waals surface area contributed by atoms with E-state index in [1.165, 1.54) is 18.1 Å². The number of para-hydroxylation sites is 1. The third kappa shape index (κ3) is 4.90. The van der Waals surface area contributed by atoms with E-state index in [0.29, 0.717) is 11.0 Å². The number of esters is 1. The smallest absolute Gasteiger partial charge is 0.349 e. The average molecular weight is 347 g/mol. The Morgan fingerprint density at radius 2 is 1.96 bits per heavy atom. The van der Waals surface area contributed by atoms with Crippen LogP contribution in [0.25, 0.3) is 11.0 Å². The molecule has 0 aliphatic rings. The Morgan fingerprint density at radius 3 is 2.68 bits per heavy atom. The summed E-state index contributed by atoms with van der Waals surface area (Å²) in [5.74, 6) is -0.899. The van der Waals surface area contributed by atoms with Crippen molar-refractivity contribution >= 4 is 22.8 Å². The van der Waals surface area contributed by atoms with E-state index >= 15 is 0 Å². The Kier molecular flexibility index (Phi) is 6.71. The van der Waals surface area contributed by atoms with Crippen molar-refractivity contribution in [2.24, 2.45) is 0 Å². The monoisotopic (exact) mass is 347 g/mol. The molecule has 1 aromatic heterocycles. The largest absolute Gasteiger partial charge is 0.466 e. The fourth-order valence-corrected chi connectivity index (χ4v) is 2.36. The van der Waals surface area contributed by atoms with E-state index in [4.69, 9.17) is 13.9 Å². The van der Waals surface area contributed by atoms with Gasteiger partial charge in [-0.1, -0.05) is 18.2 Å². The number of nitrogens with zero attached hydrogens (tertiary/aromatic N) is 1. The predicted molar refractivity (Wildman–Crippen MR) is 91.5 cm³/mol. The molecule has 0 fully saturated rings. The second-order valence-electron chi connectivity index (χ2n) is 5.33. The second-order valence-corrected chi connectivity index (χ2v) is 5.33. The molecule has 2 aromatic rings. The SMILES string of the molecule is CCOC(=O)CCN(CCOC)C(=O)c1cc2ccccc2oc1=O. The number of carbonyl (C=O) groups is 2. The molecule has 134 valence electrons. The molecule has 7 nitrogen and oxygen atoms in total. The number of carbonyl (C=O) groups excluding carboxylic acids is 2. The van der Waals surface area contributed by atoms with Gasteiger partial charge in [0.15, 0.2) is 0 Å². The van der Waals surface area contributed by atoms with Crippen LogP contribution in [0.5, 0.6) is 0 Å². The minimum Gasteiger partial charge on any atom is -0.466 e. The molecule has 0 saturated carbocycles. The summed E-state index contributed by atoms with van der Waals surface area (Å²) in [4.78, 5) is 37.8. The lowest BCUT2D eigenvalue weighted by molar-refractivity contribution is -0.143. The maximum Gasteiger partial charge on any atom is 0.349 e. The summed E-state index contributed by atoms with van der Waals surface area (Å²) in [5, 5.41) is 0.655. The zero-order valence-corrected chi connectivity index (χ0v) is 14.3. The Bertz CT molecular complexity index is 797. The lowest BCUT2D eigenvalue weighted by atomic mass is 10.1. The highest BCUT2D eigenvalue weighted by atomic mass is 16.5. The predicted octanol–water partition coefficient (Wildman–Crippen LogP) is 1.83. The Hall–Kier alpha value is -2.67. The van der Waals surface area contributed by atoms with Crippen molar-refractivity contribution < 1.29 is 23.5 Å². The maximum absolute atomic E-state index is 12.7. The molecule has 1 amide bonds. The maximum atomic E-state index is 12.7. The Labute approximate surface area is 145 Å². The minimum atomic E-state index is -0.706. The number of hydrogen-bond donors (Lipinski definition) is 0. The summed E-state index contributed by atoms with van der Waals surface area (Å²) < 4.78 is 15.1. The number of ether oxygens (including phenoxy) is 2. The molecule has 0 saturated heterocycles. The van der Waals surface area contributed by atoms with Gasteiger partial charge in [0, 0.05) is 25.6 Å². The van der Waals surface area contributed by atoms with Gasteiger partial charge in [-0.05, 0) is 19.1 Å². The highest BCUT2D eigenvalue weighted by molar-refractivity contribution is 5.96. The number of benzene rings is 1. The second kappa shape index (κ2) is 8.98. The lowest BCUT2D eigenvalue weighted by Crippen LogP contribution is -2.38. The summed E-state index contributed by atoms with van der Waals surface area (Å²) in [6.07, 6.45) is 0.0439. The molecule has 1 aromatic carbocycles. The molecule has 0 unspecified atom stereocenters. The van der Waals surface area contributed by atoms with Crippen LogP contribution in [0.4, 0.5) is 0 Å². The number of rotatable bonds is 8. The number of methoxy groups -OCH3 is 1. The van der Waals surface area contributed by atoms with Gasteiger partial charge in [-0.25, -0.2) is 4.79 Å². The van der Waals surface area contributed by atoms with Crippen LogP contribution >= 0.6 is 0 Å². The average Bonchev–Trinajstić information content (AvgIpc) is 2.61. The van der Waals surface area contributed by atoms with Gasteiger partial charge in [-0.2, -0.15) is 0 Å². The van der Waals surface area contributed by atoms with Crippen molar-refractivity contribution in [1.82, 2.24) is 4.90 Å². The van der Waals surface area contributed by atoms with Gasteiger partial charge in [0.2, 0.25) is 0 Å². The van der Waals surface area contributed by atoms with Crippen molar-refractivity contribution in [2.45, 2.75) is 13.3 Å². The zero-order valence-electron chi connectivity index (χ0n) is 14.3. The zero-order chi connectivity index (χ0) is 18.2. The van der Waals surface area contributed by atoms with E-state index in [9.17, 15) is 14.4 Å². The van der Waals surface area contributed by atoms with Crippen molar-refractivity contribution in [1.29, 1.82) is 0 Å². The first-order valence-electron chi connectivity index (χ1n) is 8.03. The van der Waals surface area contributed by atoms with Gasteiger partial charge >= 0.3 is 11.6 Å². The van der Waals surface area contributed by atoms with Gasteiger partial charge in [0.25, 0.3) is 5.91 Å². The fourth-order valence-electron chi connectivity index (χ4n) is 2.36. The Balaban J connectivity index is 2.24. The summed E-state index contributed by atoms with van der Waals surface area (Å²) >= 11 is 0. The van der Waals surface area contributed by atoms with Crippen LogP contribution in [0.1, 0.15) is 23.7 Å². The van der Waals surface area contributed by atoms with Crippen molar-refractivity contribution in [3.05, 3.63) is 46.3 Å². The summed E-state index contributed by atoms with van der Waals surface area (Å²) in [7, 11) is 1.51. The van der Waals surface area contributed by atoms with Gasteiger partial charge in [-0.15, -0.1) is 0 Å². The molecular weight excluding hydrogens is 326 g/mol. The molecule has 0 radical (unpaired) electrons. The van der Waals surface area contributed by atoms with Crippen molar-refractivity contribution in [3.8, 4) is 0 Å². The molecule has 0 spiro atoms. The van der Waals surface area contributed by atoms with E-state index in [-0.39, 0.29) is 38.3 Å². The van der Waals surface area contributed by atoms with Crippen LogP contribution in [0.3, 0.4) is 0 Å². The number of fused-ring (bicyclic) bond motifs is 1. The van der Waals surface area contributed by atoms with Crippen molar-refractivity contribution in [3.63, 3.8) is 0 Å². The fraction of sp³-hybridized carbons (Fsp3) is 0.389. The van der Waals surface area contributed by atoms with Crippen LogP contribution in [0, 0.1) is 0 Å². The van der Waals surface area contributed by atoms with Crippen LogP contribution in [0.15, 0.2) is 39.5 Å². The summed E-state index contributed by atoms with van der Waals surface area (Å²) in [5.41, 5.74) is -0.361. The summed E-state index contributed by atoms with van der Waals surface area (Å²) in [6, 6.07) is 8.46. The van der Waals surface area contributed by atoms with E-state index in [1.54, 1.807) is 31.2 Å². The molecule has 0 atom stereocenters. The first kappa shape index (κ1) is 18.7. The number of hydrogen-bond acceptors (Lipinski definition) is 6. The first-order valence-corrected chi connectivity index (χ1v) is 8.03. The lowest BCUT2D eigenvalue weighted by Gasteiger charge is -2.21. The van der Waals surface area contributed by atoms with E-state index < -0.39 is 17.5 Å². The van der Waals surface area contributed by atoms with Crippen LogP contribution < -0.4 is 5.63 Å². The standard InChI is InChI=1S/C18H21NO6/c1-3-24-16(20)8-9-19(10-11-23-2)17(21)14-12-13-6-4-5-7-15(13)25-18(14)22/h4-7,12H,3,8-11H2,1-2H3. The van der Waals surface area contributed by atoms with Crippen LogP contribution in [-0.4, -0.2) is 50.2 Å².